The first kappa shape index (κ1) is 44.1. The van der Waals surface area contributed by atoms with Crippen LogP contribution in [0.15, 0.2) is 0 Å². The smallest absolute Gasteiger partial charge is 0.422 e. The van der Waals surface area contributed by atoms with Gasteiger partial charge in [0, 0.05) is 0 Å². The molecule has 0 saturated heterocycles. The van der Waals surface area contributed by atoms with E-state index in [1.807, 2.05) is 20.8 Å². The van der Waals surface area contributed by atoms with Gasteiger partial charge in [0.05, 0.1) is 0 Å². The molecular formula is C15H30O5Rb2. The van der Waals surface area contributed by atoms with Gasteiger partial charge in [-0.1, -0.05) is 66.9 Å². The summed E-state index contributed by atoms with van der Waals surface area (Å²) in [6.07, 6.45) is 2.38. The van der Waals surface area contributed by atoms with E-state index < -0.39 is 5.60 Å². The van der Waals surface area contributed by atoms with Crippen LogP contribution in [0.5, 0.6) is 0 Å². The number of hydrogen-bond donors (Lipinski definition) is 1. The SMILES string of the molecule is CC.O=C=O.O=C=O.[CH2-]C(C)(C)CC.[CH2-]C(C)(O)CC.[Rb+].[Rb+]. The Morgan fingerprint density at radius 3 is 0.909 bits per heavy atom. The molecule has 1 N–H and O–H groups in total. The van der Waals surface area contributed by atoms with E-state index in [-0.39, 0.29) is 129 Å². The van der Waals surface area contributed by atoms with Gasteiger partial charge in [0.2, 0.25) is 0 Å². The van der Waals surface area contributed by atoms with E-state index in [1.165, 1.54) is 0 Å². The molecule has 0 aromatic heterocycles. The van der Waals surface area contributed by atoms with Gasteiger partial charge >= 0.3 is 129 Å². The van der Waals surface area contributed by atoms with E-state index >= 15 is 0 Å². The third kappa shape index (κ3) is 146. The van der Waals surface area contributed by atoms with Crippen LogP contribution in [0.25, 0.3) is 0 Å². The van der Waals surface area contributed by atoms with Crippen LogP contribution >= 0.6 is 0 Å². The first-order valence-corrected chi connectivity index (χ1v) is 6.37. The van der Waals surface area contributed by atoms with Crippen molar-refractivity contribution in [2.45, 2.75) is 66.9 Å². The summed E-state index contributed by atoms with van der Waals surface area (Å²) in [5.41, 5.74) is -0.417. The van der Waals surface area contributed by atoms with Crippen molar-refractivity contribution in [2.24, 2.45) is 5.41 Å². The minimum atomic E-state index is -0.708. The summed E-state index contributed by atoms with van der Waals surface area (Å²) in [6, 6.07) is 0. The number of rotatable bonds is 2. The summed E-state index contributed by atoms with van der Waals surface area (Å²) in [5.74, 6) is 0. The number of aliphatic hydroxyl groups is 1. The van der Waals surface area contributed by atoms with Gasteiger partial charge in [-0.05, 0) is 0 Å². The van der Waals surface area contributed by atoms with E-state index in [9.17, 15) is 0 Å². The standard InChI is InChI=1S/C6H13.C5H11O.C2H6.2CO2.2Rb/c1-5-6(2,3)4;1-4-5(2,3)6;1-2;2*2-1-3;;/h2,5H2,1,3-4H3;6H,2,4H2,1,3H3;1-2H3;;;;/q2*-1;;;;2*+1. The van der Waals surface area contributed by atoms with Crippen molar-refractivity contribution in [3.63, 3.8) is 0 Å². The number of carbonyl (C=O) groups excluding carboxylic acids is 4. The molecule has 0 saturated carbocycles. The van der Waals surface area contributed by atoms with Gasteiger partial charge in [-0.25, -0.2) is 0 Å². The molecule has 0 aliphatic carbocycles. The molecule has 0 bridgehead atoms. The monoisotopic (exact) mass is 460 g/mol. The Morgan fingerprint density at radius 2 is 0.909 bits per heavy atom. The second-order valence-electron chi connectivity index (χ2n) is 4.53. The van der Waals surface area contributed by atoms with Gasteiger partial charge in [0.25, 0.3) is 0 Å². The zero-order chi connectivity index (χ0) is 17.8. The van der Waals surface area contributed by atoms with Crippen molar-refractivity contribution in [1.82, 2.24) is 0 Å². The van der Waals surface area contributed by atoms with Crippen molar-refractivity contribution in [3.8, 4) is 0 Å². The average molecular weight is 461 g/mol. The Balaban J connectivity index is -0.0000000266. The fraction of sp³-hybridized carbons (Fsp3) is 0.733. The fourth-order valence-electron chi connectivity index (χ4n) is 0. The molecule has 0 rings (SSSR count). The predicted octanol–water partition coefficient (Wildman–Crippen LogP) is -2.89. The molecule has 122 valence electrons. The first-order valence-electron chi connectivity index (χ1n) is 6.37. The molecule has 0 aliphatic rings. The van der Waals surface area contributed by atoms with E-state index in [2.05, 4.69) is 34.6 Å². The van der Waals surface area contributed by atoms with E-state index in [0.717, 1.165) is 6.42 Å². The molecular weight excluding hydrogens is 431 g/mol. The summed E-state index contributed by atoms with van der Waals surface area (Å²) in [7, 11) is 0. The quantitative estimate of drug-likeness (QED) is 0.446. The van der Waals surface area contributed by atoms with Crippen molar-refractivity contribution >= 4 is 12.3 Å². The Labute approximate surface area is 234 Å². The Kier molecular flexibility index (Phi) is 69.4. The molecule has 7 heteroatoms. The fourth-order valence-corrected chi connectivity index (χ4v) is 0. The molecule has 22 heavy (non-hydrogen) atoms. The third-order valence-corrected chi connectivity index (χ3v) is 1.72. The molecule has 1 atom stereocenters. The zero-order valence-electron chi connectivity index (χ0n) is 15.9. The maximum atomic E-state index is 8.72. The molecule has 0 spiro atoms. The van der Waals surface area contributed by atoms with Gasteiger partial charge in [-0.2, -0.15) is 24.6 Å². The molecule has 0 amide bonds. The summed E-state index contributed by atoms with van der Waals surface area (Å²) in [4.78, 5) is 32.5. The second-order valence-corrected chi connectivity index (χ2v) is 4.53. The molecule has 1 unspecified atom stereocenters. The number of hydrogen-bond acceptors (Lipinski definition) is 5. The summed E-state index contributed by atoms with van der Waals surface area (Å²) < 4.78 is 0. The van der Waals surface area contributed by atoms with Crippen LogP contribution in [0.3, 0.4) is 0 Å². The molecule has 0 aromatic carbocycles. The van der Waals surface area contributed by atoms with Crippen LogP contribution in [-0.4, -0.2) is 23.0 Å². The van der Waals surface area contributed by atoms with E-state index in [4.69, 9.17) is 24.3 Å². The first-order chi connectivity index (χ1) is 8.95. The maximum Gasteiger partial charge on any atom is 1.00 e. The summed E-state index contributed by atoms with van der Waals surface area (Å²) in [5, 5.41) is 8.72. The van der Waals surface area contributed by atoms with Crippen LogP contribution in [0.1, 0.15) is 61.3 Å². The van der Waals surface area contributed by atoms with Crippen LogP contribution in [-0.2, 0) is 19.2 Å². The molecule has 0 aromatic rings. The maximum absolute atomic E-state index is 8.72. The van der Waals surface area contributed by atoms with Crippen molar-refractivity contribution < 1.29 is 141 Å². The average Bonchev–Trinajstić information content (AvgIpc) is 2.33. The van der Waals surface area contributed by atoms with Crippen LogP contribution in [0.2, 0.25) is 0 Å². The van der Waals surface area contributed by atoms with Crippen LogP contribution in [0.4, 0.5) is 0 Å². The van der Waals surface area contributed by atoms with E-state index in [1.54, 1.807) is 6.92 Å². The Bertz CT molecular complexity index is 205. The minimum absolute atomic E-state index is 0. The molecule has 0 fully saturated rings. The van der Waals surface area contributed by atoms with Gasteiger partial charge in [0.1, 0.15) is 0 Å². The largest absolute Gasteiger partial charge is 1.00 e. The van der Waals surface area contributed by atoms with Crippen LogP contribution < -0.4 is 116 Å². The summed E-state index contributed by atoms with van der Waals surface area (Å²) >= 11 is 0. The van der Waals surface area contributed by atoms with Gasteiger partial charge < -0.3 is 19.0 Å². The van der Waals surface area contributed by atoms with Gasteiger partial charge in [0.15, 0.2) is 0 Å². The molecule has 0 radical (unpaired) electrons. The van der Waals surface area contributed by atoms with Crippen molar-refractivity contribution in [2.75, 3.05) is 0 Å². The van der Waals surface area contributed by atoms with E-state index in [0.29, 0.717) is 11.8 Å². The van der Waals surface area contributed by atoms with Crippen LogP contribution in [0, 0.1) is 19.3 Å². The minimum Gasteiger partial charge on any atom is -0.422 e. The van der Waals surface area contributed by atoms with Gasteiger partial charge in [-0.15, -0.1) is 0 Å². The molecule has 5 nitrogen and oxygen atoms in total. The van der Waals surface area contributed by atoms with Gasteiger partial charge in [-0.3, -0.25) is 0 Å². The zero-order valence-corrected chi connectivity index (χ0v) is 25.7. The second kappa shape index (κ2) is 34.6. The normalized spacial score (nSPS) is 9.73. The topological polar surface area (TPSA) is 88.5 Å². The Hall–Kier alpha value is 2.33. The third-order valence-electron chi connectivity index (χ3n) is 1.72. The van der Waals surface area contributed by atoms with Crippen molar-refractivity contribution in [1.29, 1.82) is 0 Å². The predicted molar refractivity (Wildman–Crippen MR) is 77.1 cm³/mol. The van der Waals surface area contributed by atoms with Crippen molar-refractivity contribution in [3.05, 3.63) is 13.8 Å². The Morgan fingerprint density at radius 1 is 0.818 bits per heavy atom. The summed E-state index contributed by atoms with van der Waals surface area (Å²) in [6.45, 7) is 21.3. The molecule has 0 aliphatic heterocycles. The molecule has 0 heterocycles.